The van der Waals surface area contributed by atoms with Gasteiger partial charge in [0.1, 0.15) is 18.1 Å². The minimum Gasteiger partial charge on any atom is -0.497 e. The van der Waals surface area contributed by atoms with Crippen LogP contribution in [0.5, 0.6) is 11.5 Å². The quantitative estimate of drug-likeness (QED) is 0.695. The molecule has 0 atom stereocenters. The van der Waals surface area contributed by atoms with Gasteiger partial charge in [-0.15, -0.1) is 5.10 Å². The first-order chi connectivity index (χ1) is 11.2. The van der Waals surface area contributed by atoms with Gasteiger partial charge >= 0.3 is 0 Å². The van der Waals surface area contributed by atoms with E-state index in [0.717, 1.165) is 11.5 Å². The van der Waals surface area contributed by atoms with E-state index in [0.29, 0.717) is 28.9 Å². The van der Waals surface area contributed by atoms with Crippen molar-refractivity contribution in [3.05, 3.63) is 46.4 Å². The van der Waals surface area contributed by atoms with Gasteiger partial charge in [0, 0.05) is 11.8 Å². The highest BCUT2D eigenvalue weighted by atomic mass is 32.1. The van der Waals surface area contributed by atoms with Crippen LogP contribution in [-0.2, 0) is 0 Å². The molecule has 23 heavy (non-hydrogen) atoms. The Bertz CT molecular complexity index is 857. The molecule has 2 heterocycles. The first-order valence-corrected chi connectivity index (χ1v) is 7.85. The largest absolute Gasteiger partial charge is 0.497 e. The van der Waals surface area contributed by atoms with Gasteiger partial charge in [-0.05, 0) is 31.2 Å². The minimum absolute atomic E-state index is 0.175. The van der Waals surface area contributed by atoms with E-state index < -0.39 is 0 Å². The molecule has 0 amide bonds. The molecule has 8 heteroatoms. The van der Waals surface area contributed by atoms with Gasteiger partial charge in [0.05, 0.1) is 13.7 Å². The monoisotopic (exact) mass is 332 g/mol. The van der Waals surface area contributed by atoms with Crippen molar-refractivity contribution in [3.63, 3.8) is 0 Å². The zero-order valence-electron chi connectivity index (χ0n) is 12.8. The topological polar surface area (TPSA) is 77.8 Å². The maximum Gasteiger partial charge on any atom is 0.275 e. The predicted octanol–water partition coefficient (Wildman–Crippen LogP) is 1.96. The number of rotatable bonds is 6. The van der Waals surface area contributed by atoms with Crippen LogP contribution in [0.2, 0.25) is 0 Å². The summed E-state index contributed by atoms with van der Waals surface area (Å²) in [5.41, 5.74) is 0.513. The SMILES string of the molecule is COc1ccc(OCCNc2nn3c(=O)cc(C)nc3s2)cc1. The molecule has 0 saturated carbocycles. The summed E-state index contributed by atoms with van der Waals surface area (Å²) in [6.07, 6.45) is 0. The zero-order valence-corrected chi connectivity index (χ0v) is 13.6. The molecule has 0 radical (unpaired) electrons. The molecule has 3 aromatic rings. The molecule has 3 rings (SSSR count). The number of hydrogen-bond donors (Lipinski definition) is 1. The number of aryl methyl sites for hydroxylation is 1. The Balaban J connectivity index is 1.56. The summed E-state index contributed by atoms with van der Waals surface area (Å²) in [5.74, 6) is 1.56. The van der Waals surface area contributed by atoms with Crippen LogP contribution in [0.3, 0.4) is 0 Å². The van der Waals surface area contributed by atoms with E-state index in [4.69, 9.17) is 9.47 Å². The van der Waals surface area contributed by atoms with Gasteiger partial charge in [0.25, 0.3) is 5.56 Å². The predicted molar refractivity (Wildman–Crippen MR) is 88.8 cm³/mol. The average molecular weight is 332 g/mol. The lowest BCUT2D eigenvalue weighted by Gasteiger charge is -2.07. The molecular formula is C15H16N4O3S. The van der Waals surface area contributed by atoms with Gasteiger partial charge in [-0.1, -0.05) is 11.3 Å². The zero-order chi connectivity index (χ0) is 16.2. The number of nitrogens with zero attached hydrogens (tertiary/aromatic N) is 3. The molecule has 2 aromatic heterocycles. The normalized spacial score (nSPS) is 10.7. The Morgan fingerprint density at radius 2 is 2.00 bits per heavy atom. The molecule has 0 aliphatic rings. The highest BCUT2D eigenvalue weighted by molar-refractivity contribution is 7.20. The molecular weight excluding hydrogens is 316 g/mol. The lowest BCUT2D eigenvalue weighted by molar-refractivity contribution is 0.331. The summed E-state index contributed by atoms with van der Waals surface area (Å²) in [6.45, 7) is 2.83. The Labute approximate surface area is 136 Å². The van der Waals surface area contributed by atoms with Gasteiger partial charge in [-0.3, -0.25) is 4.79 Å². The second-order valence-corrected chi connectivity index (χ2v) is 5.74. The summed E-state index contributed by atoms with van der Waals surface area (Å²) in [5, 5.41) is 7.97. The number of ether oxygens (including phenoxy) is 2. The van der Waals surface area contributed by atoms with Gasteiger partial charge in [-0.25, -0.2) is 4.98 Å². The Kier molecular flexibility index (Phi) is 4.42. The van der Waals surface area contributed by atoms with E-state index in [1.165, 1.54) is 21.9 Å². The van der Waals surface area contributed by atoms with Crippen LogP contribution in [-0.4, -0.2) is 34.9 Å². The van der Waals surface area contributed by atoms with Crippen LogP contribution in [0.25, 0.3) is 4.96 Å². The van der Waals surface area contributed by atoms with Crippen molar-refractivity contribution in [1.29, 1.82) is 0 Å². The van der Waals surface area contributed by atoms with Crippen LogP contribution >= 0.6 is 11.3 Å². The smallest absolute Gasteiger partial charge is 0.275 e. The average Bonchev–Trinajstić information content (AvgIpc) is 2.95. The third kappa shape index (κ3) is 3.59. The van der Waals surface area contributed by atoms with E-state index >= 15 is 0 Å². The molecule has 120 valence electrons. The number of benzene rings is 1. The number of nitrogens with one attached hydrogen (secondary N) is 1. The second kappa shape index (κ2) is 6.66. The fraction of sp³-hybridized carbons (Fsp3) is 0.267. The van der Waals surface area contributed by atoms with E-state index in [1.807, 2.05) is 24.3 Å². The van der Waals surface area contributed by atoms with Gasteiger partial charge < -0.3 is 14.8 Å². The maximum atomic E-state index is 11.8. The van der Waals surface area contributed by atoms with Crippen molar-refractivity contribution < 1.29 is 9.47 Å². The Hall–Kier alpha value is -2.61. The summed E-state index contributed by atoms with van der Waals surface area (Å²) < 4.78 is 12.0. The fourth-order valence-corrected chi connectivity index (χ4v) is 2.87. The standard InChI is InChI=1S/C15H16N4O3S/c1-10-9-13(20)19-15(17-10)23-14(18-19)16-7-8-22-12-5-3-11(21-2)4-6-12/h3-6,9H,7-8H2,1-2H3,(H,16,18). The molecule has 0 bridgehead atoms. The maximum absolute atomic E-state index is 11.8. The molecule has 1 aromatic carbocycles. The highest BCUT2D eigenvalue weighted by Crippen LogP contribution is 2.18. The van der Waals surface area contributed by atoms with Crippen LogP contribution in [0.4, 0.5) is 5.13 Å². The van der Waals surface area contributed by atoms with E-state index in [9.17, 15) is 4.79 Å². The third-order valence-electron chi connectivity index (χ3n) is 3.08. The summed E-state index contributed by atoms with van der Waals surface area (Å²) in [6, 6.07) is 8.85. The van der Waals surface area contributed by atoms with Gasteiger partial charge in [0.2, 0.25) is 10.1 Å². The summed E-state index contributed by atoms with van der Waals surface area (Å²) in [4.78, 5) is 16.6. The first kappa shape index (κ1) is 15.3. The number of methoxy groups -OCH3 is 1. The highest BCUT2D eigenvalue weighted by Gasteiger charge is 2.07. The molecule has 1 N–H and O–H groups in total. The molecule has 0 spiro atoms. The second-order valence-electron chi connectivity index (χ2n) is 4.79. The van der Waals surface area contributed by atoms with E-state index in [-0.39, 0.29) is 5.56 Å². The van der Waals surface area contributed by atoms with Gasteiger partial charge in [-0.2, -0.15) is 4.52 Å². The summed E-state index contributed by atoms with van der Waals surface area (Å²) in [7, 11) is 1.62. The molecule has 0 saturated heterocycles. The van der Waals surface area contributed by atoms with Crippen LogP contribution < -0.4 is 20.3 Å². The Morgan fingerprint density at radius 3 is 2.74 bits per heavy atom. The van der Waals surface area contributed by atoms with Crippen molar-refractivity contribution in [2.24, 2.45) is 0 Å². The minimum atomic E-state index is -0.175. The van der Waals surface area contributed by atoms with Crippen molar-refractivity contribution in [3.8, 4) is 11.5 Å². The van der Waals surface area contributed by atoms with E-state index in [2.05, 4.69) is 15.4 Å². The lowest BCUT2D eigenvalue weighted by Crippen LogP contribution is -2.15. The number of hydrogen-bond acceptors (Lipinski definition) is 7. The lowest BCUT2D eigenvalue weighted by atomic mass is 10.3. The molecule has 0 unspecified atom stereocenters. The summed E-state index contributed by atoms with van der Waals surface area (Å²) >= 11 is 1.33. The molecule has 7 nitrogen and oxygen atoms in total. The third-order valence-corrected chi connectivity index (χ3v) is 3.95. The number of aromatic nitrogens is 3. The number of fused-ring (bicyclic) bond motifs is 1. The molecule has 0 aliphatic carbocycles. The molecule has 0 aliphatic heterocycles. The van der Waals surface area contributed by atoms with E-state index in [1.54, 1.807) is 14.0 Å². The van der Waals surface area contributed by atoms with Crippen molar-refractivity contribution in [2.75, 3.05) is 25.6 Å². The van der Waals surface area contributed by atoms with Crippen molar-refractivity contribution >= 4 is 21.4 Å². The van der Waals surface area contributed by atoms with Crippen LogP contribution in [0.15, 0.2) is 35.1 Å². The number of anilines is 1. The Morgan fingerprint density at radius 1 is 1.26 bits per heavy atom. The first-order valence-electron chi connectivity index (χ1n) is 7.04. The van der Waals surface area contributed by atoms with Gasteiger partial charge in [0.15, 0.2) is 0 Å². The van der Waals surface area contributed by atoms with Crippen LogP contribution in [0.1, 0.15) is 5.69 Å². The van der Waals surface area contributed by atoms with Crippen molar-refractivity contribution in [2.45, 2.75) is 6.92 Å². The van der Waals surface area contributed by atoms with Crippen molar-refractivity contribution in [1.82, 2.24) is 14.6 Å². The molecule has 0 fully saturated rings. The fourth-order valence-electron chi connectivity index (χ4n) is 1.99. The van der Waals surface area contributed by atoms with Crippen LogP contribution in [0, 0.1) is 6.92 Å².